The first-order valence-electron chi connectivity index (χ1n) is 22.4. The summed E-state index contributed by atoms with van der Waals surface area (Å²) in [6.45, 7) is 6.37. The molecule has 10 amide bonds. The maximum Gasteiger partial charge on any atom is 0.326 e. The Labute approximate surface area is 418 Å². The van der Waals surface area contributed by atoms with Crippen molar-refractivity contribution >= 4 is 95.6 Å². The topological polar surface area (TPSA) is 520 Å². The molecule has 0 aliphatic heterocycles. The van der Waals surface area contributed by atoms with Gasteiger partial charge in [0.25, 0.3) is 0 Å². The van der Waals surface area contributed by atoms with Crippen LogP contribution >= 0.6 is 12.6 Å². The van der Waals surface area contributed by atoms with Gasteiger partial charge < -0.3 is 85.9 Å². The number of hydrogen-bond donors (Lipinski definition) is 17. The smallest absolute Gasteiger partial charge is 0.326 e. The minimum atomic E-state index is -2.18. The molecule has 72 heavy (non-hydrogen) atoms. The van der Waals surface area contributed by atoms with E-state index in [9.17, 15) is 87.5 Å². The second kappa shape index (κ2) is 32.7. The van der Waals surface area contributed by atoms with Crippen molar-refractivity contribution in [3.05, 3.63) is 0 Å². The lowest BCUT2D eigenvalue weighted by Gasteiger charge is -2.28. The number of rotatable bonds is 36. The van der Waals surface area contributed by atoms with Crippen LogP contribution in [-0.2, 0) is 67.1 Å². The molecule has 0 aliphatic rings. The van der Waals surface area contributed by atoms with Gasteiger partial charge in [0.05, 0.1) is 31.7 Å². The van der Waals surface area contributed by atoms with Gasteiger partial charge in [-0.1, -0.05) is 27.7 Å². The summed E-state index contributed by atoms with van der Waals surface area (Å²) in [6.07, 6.45) is -5.29. The van der Waals surface area contributed by atoms with Crippen LogP contribution in [0.1, 0.15) is 91.9 Å². The molecule has 0 bridgehead atoms. The van der Waals surface area contributed by atoms with E-state index in [1.807, 2.05) is 5.32 Å². The second-order valence-electron chi connectivity index (χ2n) is 17.2. The zero-order valence-electron chi connectivity index (χ0n) is 40.1. The number of hydrogen-bond acceptors (Lipinski definition) is 17. The quantitative estimate of drug-likeness (QED) is 0.0205. The maximum absolute atomic E-state index is 13.7. The predicted octanol–water partition coefficient (Wildman–Crippen LogP) is -6.40. The van der Waals surface area contributed by atoms with Gasteiger partial charge in [0, 0.05) is 12.2 Å². The molecular formula is C41H68N12O18S. The largest absolute Gasteiger partial charge is 0.481 e. The van der Waals surface area contributed by atoms with E-state index in [1.165, 1.54) is 13.8 Å². The third-order valence-electron chi connectivity index (χ3n) is 10.1. The van der Waals surface area contributed by atoms with E-state index in [0.29, 0.717) is 6.42 Å². The predicted molar refractivity (Wildman–Crippen MR) is 251 cm³/mol. The average molecular weight is 1050 g/mol. The van der Waals surface area contributed by atoms with E-state index in [4.69, 9.17) is 22.9 Å². The number of carboxylic acid groups (broad SMARTS) is 4. The van der Waals surface area contributed by atoms with Crippen molar-refractivity contribution in [1.82, 2.24) is 42.5 Å². The van der Waals surface area contributed by atoms with E-state index in [-0.39, 0.29) is 37.5 Å². The van der Waals surface area contributed by atoms with Crippen LogP contribution in [0.5, 0.6) is 0 Å². The first-order chi connectivity index (χ1) is 33.4. The number of unbranched alkanes of at least 4 members (excludes halogenated alkanes) is 1. The summed E-state index contributed by atoms with van der Waals surface area (Å²) in [5.41, 5.74) is 21.7. The van der Waals surface area contributed by atoms with Crippen LogP contribution < -0.4 is 65.5 Å². The molecule has 0 aromatic carbocycles. The lowest BCUT2D eigenvalue weighted by molar-refractivity contribution is -0.144. The van der Waals surface area contributed by atoms with Crippen LogP contribution in [0, 0.1) is 11.8 Å². The highest BCUT2D eigenvalue weighted by atomic mass is 32.1. The van der Waals surface area contributed by atoms with E-state index < -0.39 is 182 Å². The molecule has 9 atom stereocenters. The number of primary amides is 2. The van der Waals surface area contributed by atoms with Gasteiger partial charge in [-0.05, 0) is 50.5 Å². The van der Waals surface area contributed by atoms with Gasteiger partial charge in [-0.3, -0.25) is 62.3 Å². The average Bonchev–Trinajstić information content (AvgIpc) is 3.26. The summed E-state index contributed by atoms with van der Waals surface area (Å²) in [7, 11) is 0. The number of aliphatic carboxylic acids is 4. The van der Waals surface area contributed by atoms with Crippen LogP contribution in [0.2, 0.25) is 0 Å². The molecule has 0 saturated carbocycles. The molecule has 0 unspecified atom stereocenters. The van der Waals surface area contributed by atoms with Crippen molar-refractivity contribution < 1.29 is 87.5 Å². The molecule has 0 aromatic heterocycles. The SMILES string of the molecule is CC(C)C[C@H](NC(=O)[C@@H](N)CS)C(=O)N[C@@H](CC(N)=O)C(=O)N[C@@H](CC(N)=O)C(=O)N[C@@H](CC(=O)O)C(=O)N[C@@H](CCC(=O)O)C(=O)N[C@H](C(=O)N[C@@H](CC(=O)O)C(=O)N[C@@H](CCCCN)C(=O)O)C(C)C. The summed E-state index contributed by atoms with van der Waals surface area (Å²) < 4.78 is 0. The summed E-state index contributed by atoms with van der Waals surface area (Å²) in [4.78, 5) is 178. The Bertz CT molecular complexity index is 1990. The number of carbonyl (C=O) groups is 14. The molecule has 30 nitrogen and oxygen atoms in total. The fourth-order valence-electron chi connectivity index (χ4n) is 6.35. The summed E-state index contributed by atoms with van der Waals surface area (Å²) in [5, 5.41) is 55.4. The lowest BCUT2D eigenvalue weighted by atomic mass is 10.0. The molecule has 0 aromatic rings. The van der Waals surface area contributed by atoms with Crippen LogP contribution in [0.25, 0.3) is 0 Å². The standard InChI is InChI=1S/C41H68N12O18S/c1-17(2)11-22(48-33(62)19(43)16-72)35(64)49-23(12-27(44)54)36(65)50-24(13-28(45)55)37(66)51-25(14-30(58)59)38(67)46-20(8-9-29(56)57)34(63)53-32(18(3)4)40(69)52-26(15-31(60)61)39(68)47-21(41(70)71)7-5-6-10-42/h17-26,32,72H,5-16,42-43H2,1-4H3,(H2,44,54)(H2,45,55)(H,46,67)(H,47,68)(H,48,62)(H,49,64)(H,50,65)(H,51,66)(H,52,69)(H,53,63)(H,56,57)(H,58,59)(H,60,61)(H,70,71)/t19-,20-,21-,22-,23-,24-,25-,26-,32-/m0/s1. The lowest BCUT2D eigenvalue weighted by Crippen LogP contribution is -2.61. The van der Waals surface area contributed by atoms with Crippen molar-refractivity contribution in [1.29, 1.82) is 0 Å². The van der Waals surface area contributed by atoms with E-state index in [2.05, 4.69) is 49.8 Å². The van der Waals surface area contributed by atoms with Gasteiger partial charge in [0.1, 0.15) is 48.3 Å². The van der Waals surface area contributed by atoms with E-state index in [1.54, 1.807) is 13.8 Å². The normalized spacial score (nSPS) is 14.7. The number of carboxylic acids is 4. The highest BCUT2D eigenvalue weighted by Crippen LogP contribution is 2.11. The number of thiol groups is 1. The molecular weight excluding hydrogens is 981 g/mol. The Morgan fingerprint density at radius 2 is 0.833 bits per heavy atom. The highest BCUT2D eigenvalue weighted by Gasteiger charge is 2.37. The molecule has 20 N–H and O–H groups in total. The minimum Gasteiger partial charge on any atom is -0.481 e. The molecule has 0 spiro atoms. The Morgan fingerprint density at radius 3 is 1.19 bits per heavy atom. The molecule has 0 radical (unpaired) electrons. The number of amides is 10. The fourth-order valence-corrected chi connectivity index (χ4v) is 6.52. The summed E-state index contributed by atoms with van der Waals surface area (Å²) in [5.74, 6) is -19.7. The van der Waals surface area contributed by atoms with Gasteiger partial charge in [-0.15, -0.1) is 0 Å². The zero-order chi connectivity index (χ0) is 55.6. The van der Waals surface area contributed by atoms with Crippen molar-refractivity contribution in [2.75, 3.05) is 12.3 Å². The Morgan fingerprint density at radius 1 is 0.458 bits per heavy atom. The number of nitrogens with two attached hydrogens (primary N) is 4. The van der Waals surface area contributed by atoms with Crippen molar-refractivity contribution in [2.24, 2.45) is 34.8 Å². The second-order valence-corrected chi connectivity index (χ2v) is 17.5. The van der Waals surface area contributed by atoms with Crippen LogP contribution in [0.4, 0.5) is 0 Å². The molecule has 0 rings (SSSR count). The van der Waals surface area contributed by atoms with Gasteiger partial charge >= 0.3 is 23.9 Å². The first-order valence-corrected chi connectivity index (χ1v) is 23.0. The van der Waals surface area contributed by atoms with Crippen LogP contribution in [0.15, 0.2) is 0 Å². The highest BCUT2D eigenvalue weighted by molar-refractivity contribution is 7.80. The molecule has 0 saturated heterocycles. The maximum atomic E-state index is 13.7. The van der Waals surface area contributed by atoms with Crippen molar-refractivity contribution in [3.8, 4) is 0 Å². The number of carbonyl (C=O) groups excluding carboxylic acids is 10. The van der Waals surface area contributed by atoms with E-state index >= 15 is 0 Å². The monoisotopic (exact) mass is 1050 g/mol. The summed E-state index contributed by atoms with van der Waals surface area (Å²) >= 11 is 3.95. The Kier molecular flexibility index (Phi) is 29.4. The van der Waals surface area contributed by atoms with E-state index in [0.717, 1.165) is 0 Å². The summed E-state index contributed by atoms with van der Waals surface area (Å²) in [6, 6.07) is -15.6. The van der Waals surface area contributed by atoms with Crippen molar-refractivity contribution in [2.45, 2.75) is 146 Å². The van der Waals surface area contributed by atoms with Gasteiger partial charge in [0.2, 0.25) is 59.1 Å². The Balaban J connectivity index is 6.69. The van der Waals surface area contributed by atoms with Crippen LogP contribution in [-0.4, -0.2) is 170 Å². The third-order valence-corrected chi connectivity index (χ3v) is 10.5. The van der Waals surface area contributed by atoms with Gasteiger partial charge in [-0.25, -0.2) is 4.79 Å². The van der Waals surface area contributed by atoms with Crippen LogP contribution in [0.3, 0.4) is 0 Å². The molecule has 0 aliphatic carbocycles. The zero-order valence-corrected chi connectivity index (χ0v) is 41.0. The third kappa shape index (κ3) is 25.6. The molecule has 0 heterocycles. The fraction of sp³-hybridized carbons (Fsp3) is 0.659. The van der Waals surface area contributed by atoms with Crippen molar-refractivity contribution in [3.63, 3.8) is 0 Å². The van der Waals surface area contributed by atoms with Gasteiger partial charge in [-0.2, -0.15) is 12.6 Å². The van der Waals surface area contributed by atoms with Gasteiger partial charge in [0.15, 0.2) is 0 Å². The minimum absolute atomic E-state index is 0.00222. The first kappa shape index (κ1) is 64.9. The Hall–Kier alpha value is -7.15. The number of nitrogens with one attached hydrogen (secondary N) is 8. The molecule has 406 valence electrons. The molecule has 31 heteroatoms. The molecule has 0 fully saturated rings.